The number of nitrogens with one attached hydrogen (secondary N) is 1. The molecule has 0 unspecified atom stereocenters. The molecule has 2 aliphatic rings. The van der Waals surface area contributed by atoms with E-state index in [9.17, 15) is 27.5 Å². The van der Waals surface area contributed by atoms with Gasteiger partial charge in [0.1, 0.15) is 22.8 Å². The number of hydrogen-bond acceptors (Lipinski definition) is 10. The van der Waals surface area contributed by atoms with Crippen LogP contribution in [0.25, 0.3) is 33.9 Å². The summed E-state index contributed by atoms with van der Waals surface area (Å²) in [5, 5.41) is 10.9. The maximum absolute atomic E-state index is 14.2. The second-order valence-electron chi connectivity index (χ2n) is 13.2. The average Bonchev–Trinajstić information content (AvgIpc) is 3.70. The zero-order valence-corrected chi connectivity index (χ0v) is 30.7. The molecule has 4 heterocycles. The number of halogens is 4. The number of imidazole rings is 1. The molecule has 0 spiro atoms. The minimum atomic E-state index is -4.87. The van der Waals surface area contributed by atoms with Gasteiger partial charge in [0.15, 0.2) is 11.5 Å². The first kappa shape index (κ1) is 37.9. The zero-order valence-electron chi connectivity index (χ0n) is 28.7. The number of aliphatic carboxylic acids is 1. The van der Waals surface area contributed by atoms with Crippen molar-refractivity contribution < 1.29 is 61.8 Å². The number of carbonyl (C=O) groups excluding carboxylic acids is 1. The molecule has 1 saturated heterocycles. The van der Waals surface area contributed by atoms with E-state index in [4.69, 9.17) is 9.72 Å². The van der Waals surface area contributed by atoms with Gasteiger partial charge in [-0.2, -0.15) is 13.2 Å². The van der Waals surface area contributed by atoms with E-state index in [1.54, 1.807) is 25.6 Å². The van der Waals surface area contributed by atoms with Crippen molar-refractivity contribution in [2.45, 2.75) is 51.2 Å². The number of carboxylic acid groups (broad SMARTS) is 1. The van der Waals surface area contributed by atoms with Gasteiger partial charge in [0.25, 0.3) is 0 Å². The fourth-order valence-electron chi connectivity index (χ4n) is 7.23. The molecule has 3 aromatic heterocycles. The molecule has 1 N–H and O–H groups in total. The molecule has 1 atom stereocenters. The first-order valence-electron chi connectivity index (χ1n) is 16.3. The van der Waals surface area contributed by atoms with Crippen LogP contribution < -0.4 is 44.5 Å². The Balaban J connectivity index is 0.00000486. The smallest absolute Gasteiger partial charge is 0.550 e. The number of fused-ring (bicyclic) bond motifs is 1. The SMILES string of the molecule is COCC1(CN(C)c2cc(-c3ccc(F)c(C(F)(F)F)c3)nc3nc(-c4cnc(N5CCN(CCC(=O)[O-])C[C@H]5C)cn4)[nH]c23)CCCC1.[Na+]. The predicted octanol–water partition coefficient (Wildman–Crippen LogP) is 1.54. The molecule has 0 amide bonds. The number of hydrogen-bond donors (Lipinski definition) is 1. The van der Waals surface area contributed by atoms with Crippen LogP contribution in [-0.4, -0.2) is 95.3 Å². The van der Waals surface area contributed by atoms with Crippen LogP contribution in [0.1, 0.15) is 44.6 Å². The second-order valence-corrected chi connectivity index (χ2v) is 13.2. The van der Waals surface area contributed by atoms with Gasteiger partial charge in [-0.25, -0.2) is 24.3 Å². The van der Waals surface area contributed by atoms with Crippen LogP contribution in [0, 0.1) is 11.2 Å². The molecule has 50 heavy (non-hydrogen) atoms. The van der Waals surface area contributed by atoms with Crippen molar-refractivity contribution in [1.29, 1.82) is 0 Å². The van der Waals surface area contributed by atoms with Gasteiger partial charge in [0.2, 0.25) is 0 Å². The summed E-state index contributed by atoms with van der Waals surface area (Å²) in [4.78, 5) is 39.1. The minimum absolute atomic E-state index is 0. The van der Waals surface area contributed by atoms with Gasteiger partial charge in [-0.3, -0.25) is 4.90 Å². The number of carbonyl (C=O) groups is 1. The Morgan fingerprint density at radius 2 is 1.88 bits per heavy atom. The Hall–Kier alpha value is -3.37. The van der Waals surface area contributed by atoms with Crippen molar-refractivity contribution in [3.05, 3.63) is 48.0 Å². The number of ether oxygens (including phenoxy) is 1. The first-order valence-corrected chi connectivity index (χ1v) is 16.3. The minimum Gasteiger partial charge on any atom is -0.550 e. The number of pyridine rings is 1. The van der Waals surface area contributed by atoms with Crippen molar-refractivity contribution in [3.63, 3.8) is 0 Å². The summed E-state index contributed by atoms with van der Waals surface area (Å²) in [5.41, 5.74) is 0.860. The Morgan fingerprint density at radius 3 is 2.52 bits per heavy atom. The van der Waals surface area contributed by atoms with Crippen LogP contribution in [0.3, 0.4) is 0 Å². The summed E-state index contributed by atoms with van der Waals surface area (Å²) in [7, 11) is 3.61. The average molecular weight is 707 g/mol. The van der Waals surface area contributed by atoms with Crippen LogP contribution in [0.5, 0.6) is 0 Å². The molecule has 1 aliphatic heterocycles. The zero-order chi connectivity index (χ0) is 34.9. The van der Waals surface area contributed by atoms with Gasteiger partial charge in [-0.05, 0) is 50.5 Å². The number of alkyl halides is 3. The van der Waals surface area contributed by atoms with Crippen molar-refractivity contribution in [2.24, 2.45) is 5.41 Å². The summed E-state index contributed by atoms with van der Waals surface area (Å²) < 4.78 is 60.7. The quantitative estimate of drug-likeness (QED) is 0.181. The van der Waals surface area contributed by atoms with E-state index in [1.165, 1.54) is 6.07 Å². The van der Waals surface area contributed by atoms with E-state index >= 15 is 0 Å². The van der Waals surface area contributed by atoms with E-state index in [2.05, 4.69) is 34.6 Å². The number of carboxylic acids is 1. The second kappa shape index (κ2) is 15.5. The number of anilines is 2. The number of benzene rings is 1. The van der Waals surface area contributed by atoms with Gasteiger partial charge in [-0.1, -0.05) is 12.8 Å². The fourth-order valence-corrected chi connectivity index (χ4v) is 7.23. The molecule has 1 saturated carbocycles. The van der Waals surface area contributed by atoms with Crippen LogP contribution in [0.2, 0.25) is 0 Å². The number of piperazine rings is 1. The normalized spacial score (nSPS) is 18.0. The molecule has 4 aromatic rings. The Morgan fingerprint density at radius 1 is 1.12 bits per heavy atom. The fraction of sp³-hybridized carbons (Fsp3) is 0.500. The summed E-state index contributed by atoms with van der Waals surface area (Å²) >= 11 is 0. The number of aromatic amines is 1. The van der Waals surface area contributed by atoms with E-state index in [0.717, 1.165) is 37.8 Å². The maximum Gasteiger partial charge on any atom is 1.00 e. The van der Waals surface area contributed by atoms with Crippen molar-refractivity contribution in [2.75, 3.05) is 63.3 Å². The van der Waals surface area contributed by atoms with E-state index in [1.807, 2.05) is 14.0 Å². The van der Waals surface area contributed by atoms with Gasteiger partial charge in [0.05, 0.1) is 35.9 Å². The number of methoxy groups -OCH3 is 1. The van der Waals surface area contributed by atoms with Gasteiger partial charge < -0.3 is 29.4 Å². The predicted molar refractivity (Wildman–Crippen MR) is 174 cm³/mol. The summed E-state index contributed by atoms with van der Waals surface area (Å²) in [6.45, 7) is 5.70. The van der Waals surface area contributed by atoms with Crippen LogP contribution in [0.15, 0.2) is 36.7 Å². The number of aromatic nitrogens is 5. The number of nitrogens with zero attached hydrogens (tertiary/aromatic N) is 7. The van der Waals surface area contributed by atoms with Crippen LogP contribution in [-0.2, 0) is 15.7 Å². The third kappa shape index (κ3) is 8.23. The largest absolute Gasteiger partial charge is 1.00 e. The topological polar surface area (TPSA) is 126 Å². The Bertz CT molecular complexity index is 1800. The number of H-pyrrole nitrogens is 1. The third-order valence-electron chi connectivity index (χ3n) is 9.63. The molecular formula is C34H39F4N8NaO3. The molecule has 11 nitrogen and oxygen atoms in total. The summed E-state index contributed by atoms with van der Waals surface area (Å²) in [5.74, 6) is -1.36. The standard InChI is InChI=1S/C34H40F4N8O3.Na/c1-21-18-45(11-8-29(47)48)12-13-46(21)28-17-39-26(16-40-28)31-42-30-27(44(2)19-33(20-49-3)9-4-5-10-33)15-25(41-32(30)43-31)22-6-7-24(35)23(14-22)34(36,37)38;/h6-7,14-17,21H,4-5,8-13,18-20H2,1-3H3,(H,47,48)(H,41,42,43);/q;+1/p-1/t21-;/m1./s1. The number of rotatable bonds is 11. The maximum atomic E-state index is 14.2. The van der Waals surface area contributed by atoms with Crippen molar-refractivity contribution >= 4 is 28.6 Å². The van der Waals surface area contributed by atoms with Crippen LogP contribution in [0.4, 0.5) is 29.1 Å². The molecule has 16 heteroatoms. The molecule has 1 aromatic carbocycles. The molecular weight excluding hydrogens is 667 g/mol. The van der Waals surface area contributed by atoms with E-state index in [-0.39, 0.29) is 64.3 Å². The molecule has 2 fully saturated rings. The summed E-state index contributed by atoms with van der Waals surface area (Å²) in [6, 6.07) is 4.65. The van der Waals surface area contributed by atoms with Crippen molar-refractivity contribution in [3.8, 4) is 22.8 Å². The molecule has 0 bridgehead atoms. The van der Waals surface area contributed by atoms with Crippen molar-refractivity contribution in [1.82, 2.24) is 29.8 Å². The molecule has 0 radical (unpaired) electrons. The monoisotopic (exact) mass is 706 g/mol. The first-order chi connectivity index (χ1) is 23.4. The van der Waals surface area contributed by atoms with Gasteiger partial charge in [-0.15, -0.1) is 0 Å². The Labute approximate surface area is 309 Å². The van der Waals surface area contributed by atoms with E-state index in [0.29, 0.717) is 67.9 Å². The molecule has 1 aliphatic carbocycles. The van der Waals surface area contributed by atoms with Crippen LogP contribution >= 0.6 is 0 Å². The van der Waals surface area contributed by atoms with Gasteiger partial charge in [0, 0.05) is 69.9 Å². The van der Waals surface area contributed by atoms with Gasteiger partial charge >= 0.3 is 35.7 Å². The van der Waals surface area contributed by atoms with E-state index < -0.39 is 23.5 Å². The third-order valence-corrected chi connectivity index (χ3v) is 9.63. The Kier molecular flexibility index (Phi) is 11.7. The summed E-state index contributed by atoms with van der Waals surface area (Å²) in [6.07, 6.45) is 2.53. The molecule has 6 rings (SSSR count). The molecule has 262 valence electrons.